The number of amides is 1. The third kappa shape index (κ3) is 3.14. The van der Waals surface area contributed by atoms with Gasteiger partial charge in [-0.25, -0.2) is 8.78 Å². The van der Waals surface area contributed by atoms with E-state index in [1.807, 2.05) is 6.92 Å². The fourth-order valence-corrected chi connectivity index (χ4v) is 2.89. The minimum Gasteiger partial charge on any atom is -0.321 e. The fraction of sp³-hybridized carbons (Fsp3) is 0.500. The van der Waals surface area contributed by atoms with Crippen LogP contribution in [0, 0.1) is 17.0 Å². The molecule has 0 unspecified atom stereocenters. The third-order valence-corrected chi connectivity index (χ3v) is 4.21. The zero-order chi connectivity index (χ0) is 14.0. The van der Waals surface area contributed by atoms with E-state index in [2.05, 4.69) is 21.2 Å². The van der Waals surface area contributed by atoms with E-state index < -0.39 is 17.0 Å². The molecule has 0 saturated heterocycles. The average molecular weight is 332 g/mol. The monoisotopic (exact) mass is 331 g/mol. The van der Waals surface area contributed by atoms with Gasteiger partial charge in [0.1, 0.15) is 5.69 Å². The minimum absolute atomic E-state index is 0.299. The van der Waals surface area contributed by atoms with E-state index in [0.29, 0.717) is 4.47 Å². The number of carbonyl (C=O) groups excluding carboxylic acids is 1. The topological polar surface area (TPSA) is 29.1 Å². The van der Waals surface area contributed by atoms with Crippen LogP contribution in [0.15, 0.2) is 16.6 Å². The molecule has 2 rings (SSSR count). The molecule has 1 aromatic rings. The van der Waals surface area contributed by atoms with Gasteiger partial charge in [0.15, 0.2) is 11.6 Å². The first-order valence-corrected chi connectivity index (χ1v) is 7.18. The van der Waals surface area contributed by atoms with Crippen LogP contribution in [0.3, 0.4) is 0 Å². The molecule has 2 nitrogen and oxygen atoms in total. The normalized spacial score (nSPS) is 18.1. The van der Waals surface area contributed by atoms with Crippen LogP contribution in [0.2, 0.25) is 0 Å². The van der Waals surface area contributed by atoms with E-state index in [4.69, 9.17) is 0 Å². The van der Waals surface area contributed by atoms with Crippen LogP contribution < -0.4 is 5.32 Å². The first-order chi connectivity index (χ1) is 8.92. The number of hydrogen-bond donors (Lipinski definition) is 1. The average Bonchev–Trinajstić information content (AvgIpc) is 2.34. The third-order valence-electron chi connectivity index (χ3n) is 3.75. The lowest BCUT2D eigenvalue weighted by molar-refractivity contribution is -0.126. The maximum absolute atomic E-state index is 13.7. The summed E-state index contributed by atoms with van der Waals surface area (Å²) in [6.07, 6.45) is 4.60. The number of anilines is 1. The van der Waals surface area contributed by atoms with Gasteiger partial charge in [-0.3, -0.25) is 4.79 Å². The molecule has 1 saturated carbocycles. The Morgan fingerprint density at radius 3 is 2.26 bits per heavy atom. The standard InChI is InChI=1S/C14H16BrF2NO/c1-14(5-3-2-4-6-14)13(19)18-12-10(16)7-9(15)8-11(12)17/h7-8H,2-6H2,1H3,(H,18,19). The molecule has 19 heavy (non-hydrogen) atoms. The Bertz CT molecular complexity index is 475. The van der Waals surface area contributed by atoms with Crippen LogP contribution in [-0.4, -0.2) is 5.91 Å². The van der Waals surface area contributed by atoms with Gasteiger partial charge in [-0.05, 0) is 25.0 Å². The van der Waals surface area contributed by atoms with Gasteiger partial charge in [-0.2, -0.15) is 0 Å². The maximum Gasteiger partial charge on any atom is 0.230 e. The molecule has 1 aliphatic rings. The molecule has 0 spiro atoms. The predicted octanol–water partition coefficient (Wildman–Crippen LogP) is 4.64. The number of hydrogen-bond acceptors (Lipinski definition) is 1. The van der Waals surface area contributed by atoms with Crippen LogP contribution in [0.4, 0.5) is 14.5 Å². The van der Waals surface area contributed by atoms with Crippen LogP contribution >= 0.6 is 15.9 Å². The molecule has 1 aliphatic carbocycles. The van der Waals surface area contributed by atoms with Gasteiger partial charge >= 0.3 is 0 Å². The molecule has 0 heterocycles. The summed E-state index contributed by atoms with van der Waals surface area (Å²) < 4.78 is 27.7. The quantitative estimate of drug-likeness (QED) is 0.840. The smallest absolute Gasteiger partial charge is 0.230 e. The zero-order valence-electron chi connectivity index (χ0n) is 10.7. The van der Waals surface area contributed by atoms with Crippen molar-refractivity contribution in [3.63, 3.8) is 0 Å². The summed E-state index contributed by atoms with van der Waals surface area (Å²) in [5.41, 5.74) is -0.885. The molecule has 1 fully saturated rings. The Labute approximate surface area is 119 Å². The molecule has 0 aliphatic heterocycles. The Morgan fingerprint density at radius 1 is 1.21 bits per heavy atom. The Morgan fingerprint density at radius 2 is 1.74 bits per heavy atom. The summed E-state index contributed by atoms with van der Waals surface area (Å²) in [6.45, 7) is 1.86. The number of halogens is 3. The lowest BCUT2D eigenvalue weighted by Gasteiger charge is -2.32. The fourth-order valence-electron chi connectivity index (χ4n) is 2.49. The van der Waals surface area contributed by atoms with E-state index >= 15 is 0 Å². The number of carbonyl (C=O) groups is 1. The van der Waals surface area contributed by atoms with Gasteiger partial charge in [0.05, 0.1) is 0 Å². The highest BCUT2D eigenvalue weighted by Crippen LogP contribution is 2.37. The van der Waals surface area contributed by atoms with Crippen molar-refractivity contribution in [2.24, 2.45) is 5.41 Å². The molecule has 0 bridgehead atoms. The van der Waals surface area contributed by atoms with Crippen LogP contribution in [0.25, 0.3) is 0 Å². The van der Waals surface area contributed by atoms with E-state index in [-0.39, 0.29) is 11.6 Å². The largest absolute Gasteiger partial charge is 0.321 e. The molecule has 1 N–H and O–H groups in total. The van der Waals surface area contributed by atoms with Gasteiger partial charge in [0.25, 0.3) is 0 Å². The lowest BCUT2D eigenvalue weighted by Crippen LogP contribution is -2.35. The van der Waals surface area contributed by atoms with E-state index in [1.54, 1.807) is 0 Å². The van der Waals surface area contributed by atoms with E-state index in [9.17, 15) is 13.6 Å². The summed E-state index contributed by atoms with van der Waals surface area (Å²) in [4.78, 5) is 12.2. The van der Waals surface area contributed by atoms with Gasteiger partial charge in [0, 0.05) is 9.89 Å². The van der Waals surface area contributed by atoms with Gasteiger partial charge < -0.3 is 5.32 Å². The van der Waals surface area contributed by atoms with Crippen LogP contribution in [0.1, 0.15) is 39.0 Å². The van der Waals surface area contributed by atoms with Crippen molar-refractivity contribution in [2.45, 2.75) is 39.0 Å². The second-order valence-corrected chi connectivity index (χ2v) is 6.24. The number of rotatable bonds is 2. The SMILES string of the molecule is CC1(C(=O)Nc2c(F)cc(Br)cc2F)CCCCC1. The Hall–Kier alpha value is -0.970. The van der Waals surface area contributed by atoms with Gasteiger partial charge in [0.2, 0.25) is 5.91 Å². The molecule has 104 valence electrons. The van der Waals surface area contributed by atoms with Crippen molar-refractivity contribution in [3.8, 4) is 0 Å². The summed E-state index contributed by atoms with van der Waals surface area (Å²) >= 11 is 3.01. The predicted molar refractivity (Wildman–Crippen MR) is 73.9 cm³/mol. The molecule has 5 heteroatoms. The number of nitrogens with one attached hydrogen (secondary N) is 1. The highest BCUT2D eigenvalue weighted by Gasteiger charge is 2.35. The van der Waals surface area contributed by atoms with Crippen LogP contribution in [-0.2, 0) is 4.79 Å². The summed E-state index contributed by atoms with van der Waals surface area (Å²) in [6, 6.07) is 2.28. The van der Waals surface area contributed by atoms with Crippen molar-refractivity contribution in [1.82, 2.24) is 0 Å². The van der Waals surface area contributed by atoms with Gasteiger partial charge in [-0.1, -0.05) is 42.1 Å². The molecule has 0 atom stereocenters. The highest BCUT2D eigenvalue weighted by atomic mass is 79.9. The molecular formula is C14H16BrF2NO. The van der Waals surface area contributed by atoms with Crippen molar-refractivity contribution in [1.29, 1.82) is 0 Å². The number of benzene rings is 1. The summed E-state index contributed by atoms with van der Waals surface area (Å²) in [7, 11) is 0. The van der Waals surface area contributed by atoms with E-state index in [1.165, 1.54) is 0 Å². The molecule has 1 aromatic carbocycles. The Kier molecular flexibility index (Phi) is 4.23. The maximum atomic E-state index is 13.7. The zero-order valence-corrected chi connectivity index (χ0v) is 12.3. The lowest BCUT2D eigenvalue weighted by atomic mass is 9.75. The molecule has 1 amide bonds. The minimum atomic E-state index is -0.764. The summed E-state index contributed by atoms with van der Waals surface area (Å²) in [5, 5.41) is 2.41. The molecule has 0 radical (unpaired) electrons. The summed E-state index contributed by atoms with van der Waals surface area (Å²) in [5.74, 6) is -1.83. The van der Waals surface area contributed by atoms with Crippen molar-refractivity contribution >= 4 is 27.5 Å². The van der Waals surface area contributed by atoms with Crippen molar-refractivity contribution in [2.75, 3.05) is 5.32 Å². The van der Waals surface area contributed by atoms with E-state index in [0.717, 1.165) is 44.2 Å². The van der Waals surface area contributed by atoms with Crippen LogP contribution in [0.5, 0.6) is 0 Å². The highest BCUT2D eigenvalue weighted by molar-refractivity contribution is 9.10. The van der Waals surface area contributed by atoms with Crippen molar-refractivity contribution in [3.05, 3.63) is 28.2 Å². The first kappa shape index (κ1) is 14.4. The first-order valence-electron chi connectivity index (χ1n) is 6.38. The molecular weight excluding hydrogens is 316 g/mol. The second kappa shape index (κ2) is 5.57. The molecule has 0 aromatic heterocycles. The van der Waals surface area contributed by atoms with Gasteiger partial charge in [-0.15, -0.1) is 0 Å². The second-order valence-electron chi connectivity index (χ2n) is 5.32. The van der Waals surface area contributed by atoms with Crippen molar-refractivity contribution < 1.29 is 13.6 Å². The Balaban J connectivity index is 2.19.